The minimum atomic E-state index is -4.46. The fourth-order valence-electron chi connectivity index (χ4n) is 2.36. The van der Waals surface area contributed by atoms with E-state index in [-0.39, 0.29) is 29.5 Å². The van der Waals surface area contributed by atoms with Crippen molar-refractivity contribution in [3.05, 3.63) is 47.4 Å². The summed E-state index contributed by atoms with van der Waals surface area (Å²) in [5, 5.41) is 14.6. The Kier molecular flexibility index (Phi) is 6.85. The van der Waals surface area contributed by atoms with Crippen LogP contribution in [0.25, 0.3) is 11.3 Å². The summed E-state index contributed by atoms with van der Waals surface area (Å²) in [4.78, 5) is 19.2. The molecule has 0 fully saturated rings. The van der Waals surface area contributed by atoms with Gasteiger partial charge < -0.3 is 10.6 Å². The second kappa shape index (κ2) is 9.09. The first-order chi connectivity index (χ1) is 12.8. The number of amides is 1. The topological polar surface area (TPSA) is 90.7 Å². The van der Waals surface area contributed by atoms with Crippen molar-refractivity contribution in [1.29, 1.82) is 5.26 Å². The molecule has 27 heavy (non-hydrogen) atoms. The number of hydrogen-bond donors (Lipinski definition) is 2. The second-order valence-corrected chi connectivity index (χ2v) is 5.71. The number of carbonyl (C=O) groups excluding carboxylic acids is 1. The van der Waals surface area contributed by atoms with E-state index in [2.05, 4.69) is 20.6 Å². The van der Waals surface area contributed by atoms with Gasteiger partial charge in [-0.3, -0.25) is 4.79 Å². The molecule has 0 unspecified atom stereocenters. The Balaban J connectivity index is 2.14. The number of aryl methyl sites for hydroxylation is 1. The van der Waals surface area contributed by atoms with Crippen molar-refractivity contribution in [1.82, 2.24) is 20.6 Å². The first-order valence-electron chi connectivity index (χ1n) is 8.20. The van der Waals surface area contributed by atoms with Crippen molar-refractivity contribution < 1.29 is 18.0 Å². The largest absolute Gasteiger partial charge is 0.416 e. The first-order valence-corrected chi connectivity index (χ1v) is 8.20. The van der Waals surface area contributed by atoms with Crippen LogP contribution in [-0.4, -0.2) is 36.0 Å². The third-order valence-corrected chi connectivity index (χ3v) is 3.72. The molecule has 9 heteroatoms. The van der Waals surface area contributed by atoms with E-state index < -0.39 is 11.7 Å². The highest BCUT2D eigenvalue weighted by Gasteiger charge is 2.30. The molecule has 2 aromatic rings. The van der Waals surface area contributed by atoms with Crippen LogP contribution in [0.5, 0.6) is 0 Å². The fraction of sp³-hybridized carbons (Fsp3) is 0.333. The highest BCUT2D eigenvalue weighted by Crippen LogP contribution is 2.31. The van der Waals surface area contributed by atoms with Crippen LogP contribution in [0.2, 0.25) is 0 Å². The number of aromatic nitrogens is 2. The van der Waals surface area contributed by atoms with Crippen LogP contribution in [-0.2, 0) is 17.4 Å². The maximum Gasteiger partial charge on any atom is 0.416 e. The maximum absolute atomic E-state index is 12.9. The molecule has 6 nitrogen and oxygen atoms in total. The van der Waals surface area contributed by atoms with E-state index in [1.54, 1.807) is 13.1 Å². The summed E-state index contributed by atoms with van der Waals surface area (Å²) in [5.74, 6) is -0.228. The van der Waals surface area contributed by atoms with Crippen molar-refractivity contribution in [3.8, 4) is 17.3 Å². The van der Waals surface area contributed by atoms with Crippen molar-refractivity contribution in [2.45, 2.75) is 19.0 Å². The lowest BCUT2D eigenvalue weighted by atomic mass is 10.1. The summed E-state index contributed by atoms with van der Waals surface area (Å²) >= 11 is 0. The molecular formula is C18H18F3N5O. The molecule has 0 aliphatic heterocycles. The third-order valence-electron chi connectivity index (χ3n) is 3.72. The number of halogens is 3. The van der Waals surface area contributed by atoms with Crippen LogP contribution in [0.1, 0.15) is 23.5 Å². The lowest BCUT2D eigenvalue weighted by Crippen LogP contribution is -2.31. The van der Waals surface area contributed by atoms with Gasteiger partial charge in [0.2, 0.25) is 11.7 Å². The number of nitrogens with one attached hydrogen (secondary N) is 2. The van der Waals surface area contributed by atoms with Gasteiger partial charge in [-0.1, -0.05) is 12.1 Å². The number of alkyl halides is 3. The summed E-state index contributed by atoms with van der Waals surface area (Å²) in [7, 11) is 1.55. The Labute approximate surface area is 154 Å². The Morgan fingerprint density at radius 3 is 2.70 bits per heavy atom. The van der Waals surface area contributed by atoms with Gasteiger partial charge in [0, 0.05) is 18.3 Å². The summed E-state index contributed by atoms with van der Waals surface area (Å²) in [6, 6.07) is 8.20. The van der Waals surface area contributed by atoms with E-state index in [0.717, 1.165) is 12.1 Å². The third kappa shape index (κ3) is 6.04. The van der Waals surface area contributed by atoms with Crippen LogP contribution in [0.3, 0.4) is 0 Å². The number of likely N-dealkylation sites (N-methyl/N-ethyl adjacent to an activating group) is 1. The average Bonchev–Trinajstić information content (AvgIpc) is 2.66. The van der Waals surface area contributed by atoms with Crippen LogP contribution in [0, 0.1) is 11.3 Å². The number of nitrogens with zero attached hydrogens (tertiary/aromatic N) is 3. The molecule has 0 atom stereocenters. The molecule has 0 saturated heterocycles. The standard InChI is InChI=1S/C18H18F3N5O/c1-23-17(27)11-24-7-3-6-14-9-15(26-16(10-22)25-14)12-4-2-5-13(8-12)18(19,20)21/h2,4-5,8-9,24H,3,6-7,11H2,1H3,(H,23,27). The number of hydrogen-bond acceptors (Lipinski definition) is 5. The van der Waals surface area contributed by atoms with E-state index in [9.17, 15) is 18.0 Å². The van der Waals surface area contributed by atoms with E-state index in [0.29, 0.717) is 25.1 Å². The molecule has 1 aromatic heterocycles. The van der Waals surface area contributed by atoms with Gasteiger partial charge in [-0.25, -0.2) is 9.97 Å². The van der Waals surface area contributed by atoms with Gasteiger partial charge in [-0.05, 0) is 37.6 Å². The molecule has 2 N–H and O–H groups in total. The molecule has 0 aliphatic rings. The molecule has 0 bridgehead atoms. The van der Waals surface area contributed by atoms with E-state index >= 15 is 0 Å². The minimum Gasteiger partial charge on any atom is -0.358 e. The summed E-state index contributed by atoms with van der Waals surface area (Å²) in [6.07, 6.45) is -3.33. The number of benzene rings is 1. The molecule has 0 spiro atoms. The molecule has 0 aliphatic carbocycles. The SMILES string of the molecule is CNC(=O)CNCCCc1cc(-c2cccc(C(F)(F)F)c2)nc(C#N)n1. The van der Waals surface area contributed by atoms with Crippen molar-refractivity contribution in [2.75, 3.05) is 20.1 Å². The Bertz CT molecular complexity index is 846. The van der Waals surface area contributed by atoms with Gasteiger partial charge in [0.05, 0.1) is 17.8 Å². The van der Waals surface area contributed by atoms with Gasteiger partial charge >= 0.3 is 6.18 Å². The number of rotatable bonds is 7. The number of nitriles is 1. The predicted molar refractivity (Wildman–Crippen MR) is 92.4 cm³/mol. The zero-order valence-electron chi connectivity index (χ0n) is 14.6. The normalized spacial score (nSPS) is 11.1. The quantitative estimate of drug-likeness (QED) is 0.723. The maximum atomic E-state index is 12.9. The van der Waals surface area contributed by atoms with Crippen LogP contribution >= 0.6 is 0 Å². The zero-order chi connectivity index (χ0) is 19.9. The molecule has 2 rings (SSSR count). The second-order valence-electron chi connectivity index (χ2n) is 5.71. The van der Waals surface area contributed by atoms with E-state index in [1.165, 1.54) is 12.1 Å². The first kappa shape index (κ1) is 20.3. The summed E-state index contributed by atoms with van der Waals surface area (Å²) in [6.45, 7) is 0.747. The van der Waals surface area contributed by atoms with Gasteiger partial charge in [0.1, 0.15) is 6.07 Å². The lowest BCUT2D eigenvalue weighted by molar-refractivity contribution is -0.137. The monoisotopic (exact) mass is 377 g/mol. The zero-order valence-corrected chi connectivity index (χ0v) is 14.6. The van der Waals surface area contributed by atoms with Crippen LogP contribution in [0.15, 0.2) is 30.3 Å². The Hall–Kier alpha value is -2.99. The average molecular weight is 377 g/mol. The molecule has 0 saturated carbocycles. The van der Waals surface area contributed by atoms with Gasteiger partial charge in [0.25, 0.3) is 0 Å². The highest BCUT2D eigenvalue weighted by molar-refractivity contribution is 5.77. The smallest absolute Gasteiger partial charge is 0.358 e. The molecule has 142 valence electrons. The van der Waals surface area contributed by atoms with Gasteiger partial charge in [0.15, 0.2) is 0 Å². The summed E-state index contributed by atoms with van der Waals surface area (Å²) in [5.41, 5.74) is 0.302. The molecule has 1 heterocycles. The lowest BCUT2D eigenvalue weighted by Gasteiger charge is -2.10. The van der Waals surface area contributed by atoms with E-state index in [4.69, 9.17) is 5.26 Å². The van der Waals surface area contributed by atoms with Crippen LogP contribution < -0.4 is 10.6 Å². The van der Waals surface area contributed by atoms with Crippen LogP contribution in [0.4, 0.5) is 13.2 Å². The van der Waals surface area contributed by atoms with Crippen molar-refractivity contribution >= 4 is 5.91 Å². The van der Waals surface area contributed by atoms with Gasteiger partial charge in [-0.2, -0.15) is 18.4 Å². The highest BCUT2D eigenvalue weighted by atomic mass is 19.4. The molecular weight excluding hydrogens is 359 g/mol. The molecule has 1 aromatic carbocycles. The fourth-order valence-corrected chi connectivity index (χ4v) is 2.36. The Morgan fingerprint density at radius 2 is 2.04 bits per heavy atom. The Morgan fingerprint density at radius 1 is 1.26 bits per heavy atom. The van der Waals surface area contributed by atoms with Crippen molar-refractivity contribution in [2.24, 2.45) is 0 Å². The molecule has 0 radical (unpaired) electrons. The van der Waals surface area contributed by atoms with Crippen molar-refractivity contribution in [3.63, 3.8) is 0 Å². The minimum absolute atomic E-state index is 0.0989. The van der Waals surface area contributed by atoms with E-state index in [1.807, 2.05) is 6.07 Å². The summed E-state index contributed by atoms with van der Waals surface area (Å²) < 4.78 is 38.7. The van der Waals surface area contributed by atoms with Gasteiger partial charge in [-0.15, -0.1) is 0 Å². The molecule has 1 amide bonds. The number of carbonyl (C=O) groups is 1. The predicted octanol–water partition coefficient (Wildman–Crippen LogP) is 2.30.